The molecule has 2 aromatic heterocycles. The Balaban J connectivity index is 1.76. The van der Waals surface area contributed by atoms with E-state index in [2.05, 4.69) is 51.0 Å². The molecule has 2 heterocycles. The van der Waals surface area contributed by atoms with E-state index >= 15 is 0 Å². The van der Waals surface area contributed by atoms with Crippen LogP contribution in [0.2, 0.25) is 0 Å². The summed E-state index contributed by atoms with van der Waals surface area (Å²) in [6.07, 6.45) is 5.48. The monoisotopic (exact) mass is 262 g/mol. The van der Waals surface area contributed by atoms with Gasteiger partial charge in [-0.25, -0.2) is 15.0 Å². The summed E-state index contributed by atoms with van der Waals surface area (Å²) >= 11 is 0. The van der Waals surface area contributed by atoms with Gasteiger partial charge in [-0.3, -0.25) is 0 Å². The predicted octanol–water partition coefficient (Wildman–Crippen LogP) is 1.89. The Morgan fingerprint density at radius 3 is 2.89 bits per heavy atom. The largest absolute Gasteiger partial charge is 0.368 e. The van der Waals surface area contributed by atoms with E-state index in [1.807, 2.05) is 0 Å². The summed E-state index contributed by atoms with van der Waals surface area (Å²) in [5.74, 6) is 0.833. The van der Waals surface area contributed by atoms with Gasteiger partial charge in [-0.1, -0.05) is 0 Å². The van der Waals surface area contributed by atoms with Crippen molar-refractivity contribution >= 4 is 17.0 Å². The molecule has 0 aliphatic carbocycles. The zero-order valence-corrected chi connectivity index (χ0v) is 11.8. The summed E-state index contributed by atoms with van der Waals surface area (Å²) < 4.78 is 0. The fourth-order valence-electron chi connectivity index (χ4n) is 1.85. The fraction of sp³-hybridized carbons (Fsp3) is 0.615. The topological polar surface area (TPSA) is 69.7 Å². The lowest BCUT2D eigenvalue weighted by atomic mass is 10.2. The minimum absolute atomic E-state index is 0.611. The van der Waals surface area contributed by atoms with Gasteiger partial charge in [0, 0.05) is 12.6 Å². The number of unbranched alkanes of at least 4 members (excludes halogenated alkanes) is 1. The molecule has 0 fully saturated rings. The quantitative estimate of drug-likeness (QED) is 0.746. The van der Waals surface area contributed by atoms with Gasteiger partial charge in [-0.15, -0.1) is 0 Å². The molecule has 104 valence electrons. The second-order valence-corrected chi connectivity index (χ2v) is 5.03. The standard InChI is InChI=1S/C13H22N6/c1-10(2)19(3)7-5-4-6-14-12-11-13(16-8-15-11)18-9-17-12/h8-10H,4-7H2,1-3H3,(H2,14,15,16,17,18). The Kier molecular flexibility index (Phi) is 4.68. The van der Waals surface area contributed by atoms with Crippen LogP contribution in [0.1, 0.15) is 26.7 Å². The van der Waals surface area contributed by atoms with Crippen LogP contribution in [0.3, 0.4) is 0 Å². The number of H-pyrrole nitrogens is 1. The second-order valence-electron chi connectivity index (χ2n) is 5.03. The van der Waals surface area contributed by atoms with Gasteiger partial charge in [-0.2, -0.15) is 0 Å². The Morgan fingerprint density at radius 1 is 1.26 bits per heavy atom. The maximum Gasteiger partial charge on any atom is 0.182 e. The van der Waals surface area contributed by atoms with Crippen LogP contribution in [0.4, 0.5) is 5.82 Å². The Bertz CT molecular complexity index is 507. The van der Waals surface area contributed by atoms with E-state index < -0.39 is 0 Å². The lowest BCUT2D eigenvalue weighted by molar-refractivity contribution is 0.269. The normalized spacial score (nSPS) is 11.6. The Hall–Kier alpha value is -1.69. The molecule has 0 aliphatic rings. The summed E-state index contributed by atoms with van der Waals surface area (Å²) in [5, 5.41) is 3.34. The van der Waals surface area contributed by atoms with Crippen molar-refractivity contribution in [1.82, 2.24) is 24.8 Å². The van der Waals surface area contributed by atoms with E-state index in [1.54, 1.807) is 6.33 Å². The van der Waals surface area contributed by atoms with Crippen LogP contribution >= 0.6 is 0 Å². The molecule has 6 nitrogen and oxygen atoms in total. The maximum atomic E-state index is 4.24. The molecule has 2 rings (SSSR count). The van der Waals surface area contributed by atoms with Gasteiger partial charge in [0.15, 0.2) is 11.5 Å². The maximum absolute atomic E-state index is 4.24. The lowest BCUT2D eigenvalue weighted by Gasteiger charge is -2.20. The van der Waals surface area contributed by atoms with E-state index in [0.717, 1.165) is 30.8 Å². The van der Waals surface area contributed by atoms with Gasteiger partial charge in [0.1, 0.15) is 11.8 Å². The first-order valence-electron chi connectivity index (χ1n) is 6.76. The van der Waals surface area contributed by atoms with Crippen LogP contribution in [0.15, 0.2) is 12.7 Å². The first-order chi connectivity index (χ1) is 9.18. The van der Waals surface area contributed by atoms with E-state index in [0.29, 0.717) is 11.7 Å². The minimum atomic E-state index is 0.611. The van der Waals surface area contributed by atoms with Gasteiger partial charge in [0.2, 0.25) is 0 Å². The van der Waals surface area contributed by atoms with Crippen molar-refractivity contribution in [3.63, 3.8) is 0 Å². The summed E-state index contributed by atoms with van der Waals surface area (Å²) in [6, 6.07) is 0.611. The predicted molar refractivity (Wildman–Crippen MR) is 77.2 cm³/mol. The molecule has 19 heavy (non-hydrogen) atoms. The van der Waals surface area contributed by atoms with Gasteiger partial charge in [-0.05, 0) is 40.3 Å². The SMILES string of the molecule is CC(C)N(C)CCCCNc1ncnc2nc[nH]c12. The van der Waals surface area contributed by atoms with E-state index in [-0.39, 0.29) is 0 Å². The van der Waals surface area contributed by atoms with E-state index in [1.165, 1.54) is 12.7 Å². The van der Waals surface area contributed by atoms with Crippen LogP contribution < -0.4 is 5.32 Å². The highest BCUT2D eigenvalue weighted by Gasteiger charge is 2.05. The molecule has 0 radical (unpaired) electrons. The molecular weight excluding hydrogens is 240 g/mol. The third kappa shape index (κ3) is 3.64. The van der Waals surface area contributed by atoms with Crippen molar-refractivity contribution in [3.05, 3.63) is 12.7 Å². The van der Waals surface area contributed by atoms with Gasteiger partial charge in [0.05, 0.1) is 6.33 Å². The van der Waals surface area contributed by atoms with Gasteiger partial charge < -0.3 is 15.2 Å². The lowest BCUT2D eigenvalue weighted by Crippen LogP contribution is -2.27. The number of hydrogen-bond donors (Lipinski definition) is 2. The van der Waals surface area contributed by atoms with Gasteiger partial charge >= 0.3 is 0 Å². The number of nitrogens with zero attached hydrogens (tertiary/aromatic N) is 4. The smallest absolute Gasteiger partial charge is 0.182 e. The highest BCUT2D eigenvalue weighted by Crippen LogP contribution is 2.14. The van der Waals surface area contributed by atoms with Crippen molar-refractivity contribution in [3.8, 4) is 0 Å². The first kappa shape index (κ1) is 13.7. The number of fused-ring (bicyclic) bond motifs is 1. The Morgan fingerprint density at radius 2 is 2.11 bits per heavy atom. The minimum Gasteiger partial charge on any atom is -0.368 e. The van der Waals surface area contributed by atoms with Crippen LogP contribution in [-0.2, 0) is 0 Å². The van der Waals surface area contributed by atoms with Crippen molar-refractivity contribution < 1.29 is 0 Å². The molecule has 2 N–H and O–H groups in total. The number of nitrogens with one attached hydrogen (secondary N) is 2. The summed E-state index contributed by atoms with van der Waals surface area (Å²) in [5.41, 5.74) is 1.58. The van der Waals surface area contributed by atoms with Crippen molar-refractivity contribution in [2.75, 3.05) is 25.5 Å². The molecule has 2 aromatic rings. The number of rotatable bonds is 7. The zero-order valence-electron chi connectivity index (χ0n) is 11.8. The van der Waals surface area contributed by atoms with Crippen LogP contribution in [0.25, 0.3) is 11.2 Å². The van der Waals surface area contributed by atoms with Crippen LogP contribution in [0, 0.1) is 0 Å². The number of imidazole rings is 1. The summed E-state index contributed by atoms with van der Waals surface area (Å²) in [6.45, 7) is 6.47. The van der Waals surface area contributed by atoms with Gasteiger partial charge in [0.25, 0.3) is 0 Å². The molecule has 6 heteroatoms. The molecule has 0 unspecified atom stereocenters. The van der Waals surface area contributed by atoms with Crippen molar-refractivity contribution in [2.45, 2.75) is 32.7 Å². The second kappa shape index (κ2) is 6.47. The van der Waals surface area contributed by atoms with Crippen LogP contribution in [0.5, 0.6) is 0 Å². The van der Waals surface area contributed by atoms with Crippen molar-refractivity contribution in [1.29, 1.82) is 0 Å². The zero-order chi connectivity index (χ0) is 13.7. The molecule has 0 aromatic carbocycles. The molecule has 0 saturated heterocycles. The van der Waals surface area contributed by atoms with E-state index in [9.17, 15) is 0 Å². The highest BCUT2D eigenvalue weighted by molar-refractivity contribution is 5.81. The molecule has 0 bridgehead atoms. The third-order valence-corrected chi connectivity index (χ3v) is 3.33. The summed E-state index contributed by atoms with van der Waals surface area (Å²) in [4.78, 5) is 17.9. The number of hydrogen-bond acceptors (Lipinski definition) is 5. The first-order valence-corrected chi connectivity index (χ1v) is 6.76. The molecule has 0 atom stereocenters. The third-order valence-electron chi connectivity index (χ3n) is 3.33. The summed E-state index contributed by atoms with van der Waals surface area (Å²) in [7, 11) is 2.16. The van der Waals surface area contributed by atoms with Crippen LogP contribution in [-0.4, -0.2) is 51.0 Å². The average molecular weight is 262 g/mol. The number of aromatic amines is 1. The number of anilines is 1. The van der Waals surface area contributed by atoms with E-state index in [4.69, 9.17) is 0 Å². The average Bonchev–Trinajstić information content (AvgIpc) is 2.87. The molecule has 0 saturated carbocycles. The number of aromatic nitrogens is 4. The molecule has 0 amide bonds. The molecule has 0 aliphatic heterocycles. The highest BCUT2D eigenvalue weighted by atomic mass is 15.1. The molecular formula is C13H22N6. The van der Waals surface area contributed by atoms with Crippen molar-refractivity contribution in [2.24, 2.45) is 0 Å². The Labute approximate surface area is 113 Å². The fourth-order valence-corrected chi connectivity index (χ4v) is 1.85. The molecule has 0 spiro atoms.